The molecule has 0 saturated heterocycles. The summed E-state index contributed by atoms with van der Waals surface area (Å²) in [5.41, 5.74) is 0.438. The van der Waals surface area contributed by atoms with Crippen molar-refractivity contribution in [1.29, 1.82) is 0 Å². The van der Waals surface area contributed by atoms with Gasteiger partial charge in [-0.1, -0.05) is 36.7 Å². The Morgan fingerprint density at radius 1 is 1.17 bits per heavy atom. The molecule has 0 spiro atoms. The number of nitrogens with one attached hydrogen (secondary N) is 1. The van der Waals surface area contributed by atoms with Crippen molar-refractivity contribution in [2.45, 2.75) is 69.0 Å². The van der Waals surface area contributed by atoms with Crippen LogP contribution in [0.2, 0.25) is 0 Å². The molecular formula is C19H26BrN3O. The second kappa shape index (κ2) is 5.26. The minimum atomic E-state index is -0.198. The minimum Gasteiger partial charge on any atom is -0.323 e. The molecule has 0 aromatic carbocycles. The highest BCUT2D eigenvalue weighted by atomic mass is 79.9. The zero-order valence-corrected chi connectivity index (χ0v) is 16.3. The maximum Gasteiger partial charge on any atom is 0.230 e. The molecule has 1 N–H and O–H groups in total. The van der Waals surface area contributed by atoms with Crippen LogP contribution in [0.3, 0.4) is 0 Å². The predicted molar refractivity (Wildman–Crippen MR) is 98.1 cm³/mol. The minimum absolute atomic E-state index is 0.0786. The zero-order valence-electron chi connectivity index (χ0n) is 14.7. The van der Waals surface area contributed by atoms with Gasteiger partial charge in [-0.15, -0.1) is 0 Å². The molecule has 4 fully saturated rings. The molecular weight excluding hydrogens is 366 g/mol. The second-order valence-corrected chi connectivity index (χ2v) is 11.1. The number of rotatable bonds is 2. The lowest BCUT2D eigenvalue weighted by atomic mass is 9.49. The van der Waals surface area contributed by atoms with E-state index in [0.29, 0.717) is 17.5 Å². The van der Waals surface area contributed by atoms with Gasteiger partial charge in [0.2, 0.25) is 5.91 Å². The van der Waals surface area contributed by atoms with Crippen molar-refractivity contribution in [3.63, 3.8) is 0 Å². The molecule has 5 rings (SSSR count). The van der Waals surface area contributed by atoms with Crippen LogP contribution in [-0.2, 0) is 10.2 Å². The molecule has 0 radical (unpaired) electrons. The summed E-state index contributed by atoms with van der Waals surface area (Å²) >= 11 is 3.97. The highest BCUT2D eigenvalue weighted by molar-refractivity contribution is 9.10. The molecule has 130 valence electrons. The molecule has 5 heteroatoms. The Bertz CT molecular complexity index is 650. The summed E-state index contributed by atoms with van der Waals surface area (Å²) in [7, 11) is 0. The Hall–Kier alpha value is -0.970. The van der Waals surface area contributed by atoms with Crippen molar-refractivity contribution in [3.05, 3.63) is 18.2 Å². The van der Waals surface area contributed by atoms with E-state index in [4.69, 9.17) is 0 Å². The monoisotopic (exact) mass is 391 g/mol. The molecule has 1 amide bonds. The number of nitrogens with zero attached hydrogens (tertiary/aromatic N) is 2. The van der Waals surface area contributed by atoms with Crippen molar-refractivity contribution in [2.24, 2.45) is 17.3 Å². The van der Waals surface area contributed by atoms with E-state index in [0.717, 1.165) is 25.1 Å². The number of hydrogen-bond donors (Lipinski definition) is 1. The Morgan fingerprint density at radius 3 is 2.25 bits per heavy atom. The molecule has 4 bridgehead atoms. The van der Waals surface area contributed by atoms with Crippen molar-refractivity contribution >= 4 is 27.5 Å². The third kappa shape index (κ3) is 2.79. The Labute approximate surface area is 152 Å². The molecule has 2 atom stereocenters. The Balaban J connectivity index is 1.52. The molecule has 0 aliphatic heterocycles. The lowest BCUT2D eigenvalue weighted by Crippen LogP contribution is -2.57. The van der Waals surface area contributed by atoms with Crippen LogP contribution in [0.5, 0.6) is 0 Å². The zero-order chi connectivity index (χ0) is 17.2. The van der Waals surface area contributed by atoms with Crippen molar-refractivity contribution < 1.29 is 4.79 Å². The van der Waals surface area contributed by atoms with E-state index in [1.54, 1.807) is 12.4 Å². The van der Waals surface area contributed by atoms with Gasteiger partial charge in [-0.25, -0.2) is 9.97 Å². The summed E-state index contributed by atoms with van der Waals surface area (Å²) in [5, 5.41) is 3.11. The predicted octanol–water partition coefficient (Wildman–Crippen LogP) is 4.45. The average molecular weight is 392 g/mol. The third-order valence-electron chi connectivity index (χ3n) is 6.05. The van der Waals surface area contributed by atoms with Gasteiger partial charge in [0.25, 0.3) is 0 Å². The first-order valence-electron chi connectivity index (χ1n) is 9.00. The second-order valence-electron chi connectivity index (χ2n) is 9.39. The van der Waals surface area contributed by atoms with Crippen LogP contribution < -0.4 is 5.32 Å². The van der Waals surface area contributed by atoms with Gasteiger partial charge in [-0.05, 0) is 50.4 Å². The number of hydrogen-bond acceptors (Lipinski definition) is 3. The first kappa shape index (κ1) is 16.5. The molecule has 1 aromatic heterocycles. The fourth-order valence-corrected chi connectivity index (χ4v) is 6.91. The lowest BCUT2D eigenvalue weighted by Gasteiger charge is -2.59. The van der Waals surface area contributed by atoms with Crippen molar-refractivity contribution in [3.8, 4) is 0 Å². The van der Waals surface area contributed by atoms with Crippen LogP contribution >= 0.6 is 15.9 Å². The fourth-order valence-electron chi connectivity index (χ4n) is 5.46. The summed E-state index contributed by atoms with van der Waals surface area (Å²) in [5.74, 6) is 2.38. The standard InChI is InChI=1S/C19H26BrN3O/c1-17(2,3)15-21-9-14(10-22-15)23-16(24)18-5-12-4-13(6-18)8-19(20,7-12)11-18/h9-10,12-13H,4-8,11H2,1-3H3,(H,23,24)/t12-,13-,18?,19?/m1/s1. The van der Waals surface area contributed by atoms with Crippen LogP contribution in [0.4, 0.5) is 5.69 Å². The van der Waals surface area contributed by atoms with E-state index in [-0.39, 0.29) is 21.1 Å². The number of aromatic nitrogens is 2. The Morgan fingerprint density at radius 2 is 1.75 bits per heavy atom. The van der Waals surface area contributed by atoms with Crippen LogP contribution in [-0.4, -0.2) is 20.2 Å². The highest BCUT2D eigenvalue weighted by Crippen LogP contribution is 2.64. The third-order valence-corrected chi connectivity index (χ3v) is 6.98. The van der Waals surface area contributed by atoms with E-state index in [1.807, 2.05) is 0 Å². The van der Waals surface area contributed by atoms with Gasteiger partial charge >= 0.3 is 0 Å². The number of carbonyl (C=O) groups excluding carboxylic acids is 1. The van der Waals surface area contributed by atoms with Crippen LogP contribution in [0.15, 0.2) is 12.4 Å². The van der Waals surface area contributed by atoms with Gasteiger partial charge in [0.05, 0.1) is 23.5 Å². The van der Waals surface area contributed by atoms with E-state index in [9.17, 15) is 4.79 Å². The van der Waals surface area contributed by atoms with Crippen LogP contribution in [0, 0.1) is 17.3 Å². The van der Waals surface area contributed by atoms with E-state index in [1.165, 1.54) is 19.3 Å². The normalized spacial score (nSPS) is 37.5. The molecule has 4 aliphatic rings. The number of anilines is 1. The summed E-state index contributed by atoms with van der Waals surface area (Å²) in [6.07, 6.45) is 10.3. The summed E-state index contributed by atoms with van der Waals surface area (Å²) in [6.45, 7) is 6.27. The van der Waals surface area contributed by atoms with Crippen molar-refractivity contribution in [1.82, 2.24) is 9.97 Å². The molecule has 1 heterocycles. The van der Waals surface area contributed by atoms with Crippen molar-refractivity contribution in [2.75, 3.05) is 5.32 Å². The number of alkyl halides is 1. The Kier molecular flexibility index (Phi) is 3.62. The maximum absolute atomic E-state index is 13.1. The van der Waals surface area contributed by atoms with Gasteiger partial charge in [0.1, 0.15) is 5.82 Å². The quantitative estimate of drug-likeness (QED) is 0.757. The summed E-state index contributed by atoms with van der Waals surface area (Å²) < 4.78 is 0.195. The number of amides is 1. The van der Waals surface area contributed by atoms with Gasteiger partial charge in [0, 0.05) is 9.74 Å². The summed E-state index contributed by atoms with van der Waals surface area (Å²) in [6, 6.07) is 0. The molecule has 1 aromatic rings. The maximum atomic E-state index is 13.1. The largest absolute Gasteiger partial charge is 0.323 e. The smallest absolute Gasteiger partial charge is 0.230 e. The first-order valence-corrected chi connectivity index (χ1v) is 9.80. The number of halogens is 1. The molecule has 4 nitrogen and oxygen atoms in total. The number of carbonyl (C=O) groups is 1. The average Bonchev–Trinajstić information content (AvgIpc) is 2.44. The van der Waals surface area contributed by atoms with E-state index in [2.05, 4.69) is 52.0 Å². The molecule has 4 saturated carbocycles. The molecule has 0 unspecified atom stereocenters. The van der Waals surface area contributed by atoms with Gasteiger partial charge in [-0.2, -0.15) is 0 Å². The van der Waals surface area contributed by atoms with Gasteiger partial charge < -0.3 is 5.32 Å². The van der Waals surface area contributed by atoms with E-state index < -0.39 is 0 Å². The topological polar surface area (TPSA) is 54.9 Å². The molecule has 4 aliphatic carbocycles. The van der Waals surface area contributed by atoms with Crippen LogP contribution in [0.25, 0.3) is 0 Å². The first-order chi connectivity index (χ1) is 11.2. The lowest BCUT2D eigenvalue weighted by molar-refractivity contribution is -0.138. The SMILES string of the molecule is CC(C)(C)c1ncc(NC(=O)C23C[C@H]4C[C@@H](CC(Br)(C4)C2)C3)cn1. The highest BCUT2D eigenvalue weighted by Gasteiger charge is 2.59. The fraction of sp³-hybridized carbons (Fsp3) is 0.737. The van der Waals surface area contributed by atoms with E-state index >= 15 is 0 Å². The van der Waals surface area contributed by atoms with Gasteiger partial charge in [-0.3, -0.25) is 4.79 Å². The van der Waals surface area contributed by atoms with Gasteiger partial charge in [0.15, 0.2) is 0 Å². The summed E-state index contributed by atoms with van der Waals surface area (Å²) in [4.78, 5) is 22.0. The molecule has 24 heavy (non-hydrogen) atoms. The van der Waals surface area contributed by atoms with Crippen LogP contribution in [0.1, 0.15) is 65.1 Å².